The van der Waals surface area contributed by atoms with Crippen LogP contribution in [0.3, 0.4) is 0 Å². The number of nitrogens with zero attached hydrogens (tertiary/aromatic N) is 2. The van der Waals surface area contributed by atoms with Crippen molar-refractivity contribution in [2.45, 2.75) is 19.4 Å². The van der Waals surface area contributed by atoms with Gasteiger partial charge in [0.1, 0.15) is 5.01 Å². The molecule has 2 heterocycles. The minimum Gasteiger partial charge on any atom is -0.344 e. The summed E-state index contributed by atoms with van der Waals surface area (Å²) in [5.41, 5.74) is 3.22. The van der Waals surface area contributed by atoms with E-state index in [2.05, 4.69) is 46.5 Å². The highest BCUT2D eigenvalue weighted by Gasteiger charge is 2.15. The van der Waals surface area contributed by atoms with E-state index in [0.717, 1.165) is 16.3 Å². The first-order valence-electron chi connectivity index (χ1n) is 8.05. The van der Waals surface area contributed by atoms with Gasteiger partial charge in [-0.3, -0.25) is 9.78 Å². The summed E-state index contributed by atoms with van der Waals surface area (Å²) in [7, 11) is 0. The van der Waals surface area contributed by atoms with E-state index in [1.807, 2.05) is 23.6 Å². The number of hydrogen-bond acceptors (Lipinski definition) is 4. The Morgan fingerprint density at radius 3 is 2.68 bits per heavy atom. The van der Waals surface area contributed by atoms with Gasteiger partial charge in [0.05, 0.1) is 11.7 Å². The van der Waals surface area contributed by atoms with E-state index >= 15 is 0 Å². The Balaban J connectivity index is 1.74. The lowest BCUT2D eigenvalue weighted by Gasteiger charge is -2.17. The average molecular weight is 349 g/mol. The van der Waals surface area contributed by atoms with Crippen LogP contribution >= 0.6 is 11.3 Å². The first-order chi connectivity index (χ1) is 12.2. The lowest BCUT2D eigenvalue weighted by Crippen LogP contribution is -2.29. The summed E-state index contributed by atoms with van der Waals surface area (Å²) in [6, 6.07) is 13.9. The molecule has 1 N–H and O–H groups in total. The fraction of sp³-hybridized carbons (Fsp3) is 0.150. The van der Waals surface area contributed by atoms with Gasteiger partial charge in [-0.25, -0.2) is 4.98 Å². The highest BCUT2D eigenvalue weighted by Crippen LogP contribution is 2.17. The van der Waals surface area contributed by atoms with Crippen LogP contribution in [0.25, 0.3) is 6.08 Å². The number of carbonyl (C=O) groups excluding carboxylic acids is 1. The molecule has 0 fully saturated rings. The Kier molecular flexibility index (Phi) is 5.69. The number of rotatable bonds is 6. The van der Waals surface area contributed by atoms with E-state index in [4.69, 9.17) is 0 Å². The van der Waals surface area contributed by atoms with Gasteiger partial charge in [-0.05, 0) is 37.1 Å². The van der Waals surface area contributed by atoms with Crippen LogP contribution in [-0.2, 0) is 11.2 Å². The molecule has 0 aliphatic carbocycles. The molecule has 1 aromatic carbocycles. The van der Waals surface area contributed by atoms with Crippen molar-refractivity contribution >= 4 is 23.3 Å². The number of amides is 1. The number of nitrogens with one attached hydrogen (secondary N) is 1. The number of benzene rings is 1. The first-order valence-corrected chi connectivity index (χ1v) is 8.93. The van der Waals surface area contributed by atoms with E-state index in [0.29, 0.717) is 6.42 Å². The van der Waals surface area contributed by atoms with Crippen molar-refractivity contribution in [3.05, 3.63) is 88.1 Å². The van der Waals surface area contributed by atoms with Crippen molar-refractivity contribution in [1.29, 1.82) is 0 Å². The van der Waals surface area contributed by atoms with Crippen molar-refractivity contribution < 1.29 is 4.79 Å². The molecular weight excluding hydrogens is 330 g/mol. The van der Waals surface area contributed by atoms with E-state index < -0.39 is 0 Å². The third-order valence-corrected chi connectivity index (χ3v) is 4.49. The zero-order valence-electron chi connectivity index (χ0n) is 13.9. The van der Waals surface area contributed by atoms with Gasteiger partial charge in [-0.2, -0.15) is 0 Å². The number of aromatic nitrogens is 2. The van der Waals surface area contributed by atoms with Crippen LogP contribution in [0.1, 0.15) is 27.9 Å². The molecule has 1 atom stereocenters. The number of hydrogen-bond donors (Lipinski definition) is 1. The molecule has 0 bridgehead atoms. The Bertz CT molecular complexity index is 827. The molecule has 2 aromatic heterocycles. The third kappa shape index (κ3) is 5.09. The lowest BCUT2D eigenvalue weighted by molar-refractivity contribution is -0.117. The molecule has 126 valence electrons. The summed E-state index contributed by atoms with van der Waals surface area (Å²) < 4.78 is 0. The average Bonchev–Trinajstić information content (AvgIpc) is 3.16. The van der Waals surface area contributed by atoms with Crippen LogP contribution in [-0.4, -0.2) is 15.9 Å². The van der Waals surface area contributed by atoms with Crippen LogP contribution in [0.5, 0.6) is 0 Å². The van der Waals surface area contributed by atoms with Gasteiger partial charge in [0.15, 0.2) is 0 Å². The molecule has 0 aliphatic rings. The highest BCUT2D eigenvalue weighted by atomic mass is 32.1. The number of aryl methyl sites for hydroxylation is 1. The predicted molar refractivity (Wildman–Crippen MR) is 101 cm³/mol. The van der Waals surface area contributed by atoms with Crippen molar-refractivity contribution in [2.75, 3.05) is 0 Å². The Labute approximate surface area is 151 Å². The van der Waals surface area contributed by atoms with Gasteiger partial charge in [0.2, 0.25) is 5.91 Å². The number of thiazole rings is 1. The summed E-state index contributed by atoms with van der Waals surface area (Å²) in [4.78, 5) is 20.9. The standard InChI is InChI=1S/C20H19N3OS/c1-15-5-7-16(8-6-15)14-18(17-4-2-3-11-21-17)23-19(24)9-10-20-22-12-13-25-20/h2-13,18H,14H2,1H3,(H,23,24)/b10-9+/t18-/m1/s1. The Hall–Kier alpha value is -2.79. The third-order valence-electron chi connectivity index (χ3n) is 3.75. The van der Waals surface area contributed by atoms with Crippen molar-refractivity contribution in [3.63, 3.8) is 0 Å². The molecular formula is C20H19N3OS. The molecule has 3 aromatic rings. The molecule has 0 unspecified atom stereocenters. The van der Waals surface area contributed by atoms with Crippen LogP contribution in [0.4, 0.5) is 0 Å². The zero-order valence-corrected chi connectivity index (χ0v) is 14.7. The lowest BCUT2D eigenvalue weighted by atomic mass is 10.0. The van der Waals surface area contributed by atoms with Crippen molar-refractivity contribution in [2.24, 2.45) is 0 Å². The number of carbonyl (C=O) groups is 1. The first kappa shape index (κ1) is 17.0. The van der Waals surface area contributed by atoms with Gasteiger partial charge in [-0.15, -0.1) is 11.3 Å². The van der Waals surface area contributed by atoms with Crippen LogP contribution in [0.15, 0.2) is 66.3 Å². The van der Waals surface area contributed by atoms with Gasteiger partial charge >= 0.3 is 0 Å². The van der Waals surface area contributed by atoms with E-state index in [1.54, 1.807) is 18.5 Å². The Morgan fingerprint density at radius 2 is 2.00 bits per heavy atom. The minimum atomic E-state index is -0.183. The molecule has 25 heavy (non-hydrogen) atoms. The molecule has 0 saturated carbocycles. The smallest absolute Gasteiger partial charge is 0.244 e. The Morgan fingerprint density at radius 1 is 1.16 bits per heavy atom. The van der Waals surface area contributed by atoms with E-state index in [9.17, 15) is 4.79 Å². The molecule has 3 rings (SSSR count). The molecule has 1 amide bonds. The summed E-state index contributed by atoms with van der Waals surface area (Å²) in [5.74, 6) is -0.155. The largest absolute Gasteiger partial charge is 0.344 e. The minimum absolute atomic E-state index is 0.155. The van der Waals surface area contributed by atoms with Gasteiger partial charge in [0, 0.05) is 23.8 Å². The van der Waals surface area contributed by atoms with Gasteiger partial charge < -0.3 is 5.32 Å². The van der Waals surface area contributed by atoms with Gasteiger partial charge in [-0.1, -0.05) is 35.9 Å². The van der Waals surface area contributed by atoms with E-state index in [1.165, 1.54) is 23.0 Å². The fourth-order valence-corrected chi connectivity index (χ4v) is 2.98. The van der Waals surface area contributed by atoms with Gasteiger partial charge in [0.25, 0.3) is 0 Å². The second-order valence-electron chi connectivity index (χ2n) is 5.71. The predicted octanol–water partition coefficient (Wildman–Crippen LogP) is 3.96. The zero-order chi connectivity index (χ0) is 17.5. The summed E-state index contributed by atoms with van der Waals surface area (Å²) in [5, 5.41) is 5.74. The van der Waals surface area contributed by atoms with Crippen LogP contribution in [0, 0.1) is 6.92 Å². The quantitative estimate of drug-likeness (QED) is 0.685. The highest BCUT2D eigenvalue weighted by molar-refractivity contribution is 7.10. The summed E-state index contributed by atoms with van der Waals surface area (Å²) >= 11 is 1.49. The summed E-state index contributed by atoms with van der Waals surface area (Å²) in [6.45, 7) is 2.06. The second-order valence-corrected chi connectivity index (χ2v) is 6.64. The van der Waals surface area contributed by atoms with E-state index in [-0.39, 0.29) is 11.9 Å². The van der Waals surface area contributed by atoms with Crippen molar-refractivity contribution in [1.82, 2.24) is 15.3 Å². The summed E-state index contributed by atoms with van der Waals surface area (Å²) in [6.07, 6.45) is 7.39. The molecule has 0 radical (unpaired) electrons. The monoisotopic (exact) mass is 349 g/mol. The fourth-order valence-electron chi connectivity index (χ4n) is 2.46. The van der Waals surface area contributed by atoms with Crippen molar-refractivity contribution in [3.8, 4) is 0 Å². The molecule has 0 aliphatic heterocycles. The maximum Gasteiger partial charge on any atom is 0.244 e. The molecule has 0 spiro atoms. The SMILES string of the molecule is Cc1ccc(C[C@@H](NC(=O)/C=C/c2nccs2)c2ccccn2)cc1. The normalized spacial score (nSPS) is 12.2. The van der Waals surface area contributed by atoms with Crippen LogP contribution < -0.4 is 5.32 Å². The van der Waals surface area contributed by atoms with Crippen LogP contribution in [0.2, 0.25) is 0 Å². The molecule has 5 heteroatoms. The topological polar surface area (TPSA) is 54.9 Å². The maximum atomic E-state index is 12.3. The molecule has 0 saturated heterocycles. The second kappa shape index (κ2) is 8.35. The maximum absolute atomic E-state index is 12.3. The number of pyridine rings is 1. The molecule has 4 nitrogen and oxygen atoms in total.